The number of nitrogens with one attached hydrogen (secondary N) is 1. The molecule has 2 amide bonds. The van der Waals surface area contributed by atoms with Crippen molar-refractivity contribution >= 4 is 23.4 Å². The van der Waals surface area contributed by atoms with Gasteiger partial charge in [-0.15, -0.1) is 0 Å². The number of carbonyl (C=O) groups excluding carboxylic acids is 2. The van der Waals surface area contributed by atoms with Gasteiger partial charge in [0.1, 0.15) is 11.5 Å². The Kier molecular flexibility index (Phi) is 5.86. The van der Waals surface area contributed by atoms with Crippen molar-refractivity contribution in [3.63, 3.8) is 0 Å². The lowest BCUT2D eigenvalue weighted by Crippen LogP contribution is -2.35. The average molecular weight is 423 g/mol. The zero-order valence-corrected chi connectivity index (χ0v) is 17.5. The van der Waals surface area contributed by atoms with Gasteiger partial charge in [0.2, 0.25) is 5.91 Å². The van der Waals surface area contributed by atoms with Gasteiger partial charge >= 0.3 is 0 Å². The predicted octanol–water partition coefficient (Wildman–Crippen LogP) is 3.19. The summed E-state index contributed by atoms with van der Waals surface area (Å²) in [5.41, 5.74) is 3.19. The molecular weight excluding hydrogens is 400 g/mol. The van der Waals surface area contributed by atoms with E-state index in [9.17, 15) is 9.59 Å². The third-order valence-electron chi connectivity index (χ3n) is 5.38. The van der Waals surface area contributed by atoms with E-state index in [2.05, 4.69) is 14.9 Å². The summed E-state index contributed by atoms with van der Waals surface area (Å²) in [6, 6.07) is 17.2. The first-order chi connectivity index (χ1) is 14.6. The molecule has 0 radical (unpaired) electrons. The SMILES string of the molecule is CNC(=O)c1nc(-c2ccccc2)n2c1CCN(C(=O)Cc1ccc(Cl)cc1)CC2. The summed E-state index contributed by atoms with van der Waals surface area (Å²) >= 11 is 5.94. The van der Waals surface area contributed by atoms with Gasteiger partial charge in [-0.2, -0.15) is 0 Å². The largest absolute Gasteiger partial charge is 0.354 e. The molecule has 154 valence electrons. The first-order valence-electron chi connectivity index (χ1n) is 9.96. The lowest BCUT2D eigenvalue weighted by atomic mass is 10.1. The monoisotopic (exact) mass is 422 g/mol. The molecule has 1 aliphatic rings. The number of amides is 2. The number of imidazole rings is 1. The fourth-order valence-corrected chi connectivity index (χ4v) is 3.93. The Labute approximate surface area is 180 Å². The van der Waals surface area contributed by atoms with Crippen molar-refractivity contribution in [2.24, 2.45) is 0 Å². The molecule has 2 heterocycles. The van der Waals surface area contributed by atoms with Gasteiger partial charge in [-0.3, -0.25) is 9.59 Å². The van der Waals surface area contributed by atoms with Crippen LogP contribution < -0.4 is 5.32 Å². The Morgan fingerprint density at radius 1 is 1.03 bits per heavy atom. The minimum atomic E-state index is -0.207. The van der Waals surface area contributed by atoms with Crippen LogP contribution in [0, 0.1) is 0 Å². The Balaban J connectivity index is 1.59. The number of halogens is 1. The first-order valence-corrected chi connectivity index (χ1v) is 10.3. The number of fused-ring (bicyclic) bond motifs is 1. The van der Waals surface area contributed by atoms with E-state index in [-0.39, 0.29) is 11.8 Å². The van der Waals surface area contributed by atoms with Gasteiger partial charge in [-0.05, 0) is 17.7 Å². The van der Waals surface area contributed by atoms with E-state index in [1.165, 1.54) is 0 Å². The van der Waals surface area contributed by atoms with E-state index in [1.807, 2.05) is 47.4 Å². The second-order valence-corrected chi connectivity index (χ2v) is 7.70. The second kappa shape index (κ2) is 8.71. The highest BCUT2D eigenvalue weighted by molar-refractivity contribution is 6.30. The zero-order valence-electron chi connectivity index (χ0n) is 16.8. The summed E-state index contributed by atoms with van der Waals surface area (Å²) in [7, 11) is 1.61. The third kappa shape index (κ3) is 4.09. The van der Waals surface area contributed by atoms with Gasteiger partial charge in [0.05, 0.1) is 12.1 Å². The van der Waals surface area contributed by atoms with Gasteiger partial charge in [0.25, 0.3) is 5.91 Å². The fourth-order valence-electron chi connectivity index (χ4n) is 3.80. The van der Waals surface area contributed by atoms with Gasteiger partial charge in [0, 0.05) is 43.7 Å². The minimum absolute atomic E-state index is 0.0683. The summed E-state index contributed by atoms with van der Waals surface area (Å²) in [6.07, 6.45) is 0.910. The topological polar surface area (TPSA) is 67.2 Å². The lowest BCUT2D eigenvalue weighted by molar-refractivity contribution is -0.130. The van der Waals surface area contributed by atoms with Crippen LogP contribution in [0.1, 0.15) is 21.7 Å². The molecular formula is C23H23ClN4O2. The normalized spacial score (nSPS) is 13.5. The van der Waals surface area contributed by atoms with Crippen LogP contribution in [0.5, 0.6) is 0 Å². The molecule has 1 aromatic heterocycles. The maximum absolute atomic E-state index is 12.9. The van der Waals surface area contributed by atoms with Crippen LogP contribution in [0.15, 0.2) is 54.6 Å². The van der Waals surface area contributed by atoms with Crippen LogP contribution in [0.25, 0.3) is 11.4 Å². The van der Waals surface area contributed by atoms with Crippen molar-refractivity contribution in [3.8, 4) is 11.4 Å². The van der Waals surface area contributed by atoms with Crippen molar-refractivity contribution in [1.82, 2.24) is 19.8 Å². The summed E-state index contributed by atoms with van der Waals surface area (Å²) < 4.78 is 2.08. The molecule has 2 aromatic carbocycles. The number of nitrogens with zero attached hydrogens (tertiary/aromatic N) is 3. The molecule has 0 aliphatic carbocycles. The summed E-state index contributed by atoms with van der Waals surface area (Å²) in [5.74, 6) is 0.622. The van der Waals surface area contributed by atoms with Crippen LogP contribution in [-0.4, -0.2) is 46.4 Å². The van der Waals surface area contributed by atoms with E-state index >= 15 is 0 Å². The van der Waals surface area contributed by atoms with Gasteiger partial charge in [-0.1, -0.05) is 54.1 Å². The highest BCUT2D eigenvalue weighted by Gasteiger charge is 2.27. The highest BCUT2D eigenvalue weighted by Crippen LogP contribution is 2.25. The Morgan fingerprint density at radius 3 is 2.47 bits per heavy atom. The van der Waals surface area contributed by atoms with Crippen LogP contribution in [-0.2, 0) is 24.2 Å². The number of benzene rings is 2. The molecule has 0 atom stereocenters. The van der Waals surface area contributed by atoms with Crippen LogP contribution in [0.4, 0.5) is 0 Å². The van der Waals surface area contributed by atoms with Crippen molar-refractivity contribution in [3.05, 3.63) is 76.6 Å². The summed E-state index contributed by atoms with van der Waals surface area (Å²) in [4.78, 5) is 31.9. The quantitative estimate of drug-likeness (QED) is 0.702. The van der Waals surface area contributed by atoms with E-state index in [0.29, 0.717) is 43.2 Å². The van der Waals surface area contributed by atoms with Crippen molar-refractivity contribution < 1.29 is 9.59 Å². The number of hydrogen-bond acceptors (Lipinski definition) is 3. The Bertz CT molecular complexity index is 1060. The number of hydrogen-bond donors (Lipinski definition) is 1. The smallest absolute Gasteiger partial charge is 0.271 e. The maximum Gasteiger partial charge on any atom is 0.271 e. The fraction of sp³-hybridized carbons (Fsp3) is 0.261. The minimum Gasteiger partial charge on any atom is -0.354 e. The second-order valence-electron chi connectivity index (χ2n) is 7.26. The summed E-state index contributed by atoms with van der Waals surface area (Å²) in [6.45, 7) is 1.72. The molecule has 0 unspecified atom stereocenters. The number of aromatic nitrogens is 2. The van der Waals surface area contributed by atoms with Gasteiger partial charge in [0.15, 0.2) is 0 Å². The maximum atomic E-state index is 12.9. The Hall–Kier alpha value is -3.12. The lowest BCUT2D eigenvalue weighted by Gasteiger charge is -2.20. The van der Waals surface area contributed by atoms with Crippen LogP contribution >= 0.6 is 11.6 Å². The van der Waals surface area contributed by atoms with Gasteiger partial charge in [-0.25, -0.2) is 4.98 Å². The van der Waals surface area contributed by atoms with Crippen molar-refractivity contribution in [1.29, 1.82) is 0 Å². The molecule has 3 aromatic rings. The molecule has 1 aliphatic heterocycles. The highest BCUT2D eigenvalue weighted by atomic mass is 35.5. The Morgan fingerprint density at radius 2 is 1.77 bits per heavy atom. The molecule has 0 saturated heterocycles. The van der Waals surface area contributed by atoms with Crippen molar-refractivity contribution in [2.75, 3.05) is 20.1 Å². The molecule has 7 heteroatoms. The first kappa shape index (κ1) is 20.2. The molecule has 4 rings (SSSR count). The number of rotatable bonds is 4. The van der Waals surface area contributed by atoms with E-state index in [1.54, 1.807) is 19.2 Å². The molecule has 0 spiro atoms. The summed E-state index contributed by atoms with van der Waals surface area (Å²) in [5, 5.41) is 3.34. The van der Waals surface area contributed by atoms with E-state index in [4.69, 9.17) is 11.6 Å². The average Bonchev–Trinajstić information content (AvgIpc) is 2.99. The van der Waals surface area contributed by atoms with Gasteiger partial charge < -0.3 is 14.8 Å². The number of carbonyl (C=O) groups is 2. The predicted molar refractivity (Wildman–Crippen MR) is 116 cm³/mol. The molecule has 0 saturated carbocycles. The molecule has 30 heavy (non-hydrogen) atoms. The third-order valence-corrected chi connectivity index (χ3v) is 5.63. The standard InChI is InChI=1S/C23H23ClN4O2/c1-25-23(30)21-19-11-12-27(20(29)15-16-7-9-18(24)10-8-16)13-14-28(19)22(26-21)17-5-3-2-4-6-17/h2-10H,11-15H2,1H3,(H,25,30). The zero-order chi connectivity index (χ0) is 21.1. The van der Waals surface area contributed by atoms with E-state index < -0.39 is 0 Å². The molecule has 1 N–H and O–H groups in total. The van der Waals surface area contributed by atoms with Crippen LogP contribution in [0.2, 0.25) is 5.02 Å². The van der Waals surface area contributed by atoms with Crippen LogP contribution in [0.3, 0.4) is 0 Å². The van der Waals surface area contributed by atoms with Crippen molar-refractivity contribution in [2.45, 2.75) is 19.4 Å². The molecule has 0 bridgehead atoms. The molecule has 6 nitrogen and oxygen atoms in total. The molecule has 0 fully saturated rings. The van der Waals surface area contributed by atoms with E-state index in [0.717, 1.165) is 22.6 Å².